The molecule has 1 aliphatic rings. The maximum atomic E-state index is 9.35. The summed E-state index contributed by atoms with van der Waals surface area (Å²) in [6.07, 6.45) is 8.72. The fraction of sp³-hybridized carbons (Fsp3) is 0.333. The van der Waals surface area contributed by atoms with Gasteiger partial charge in [0.1, 0.15) is 6.07 Å². The van der Waals surface area contributed by atoms with Gasteiger partial charge in [-0.05, 0) is 30.9 Å². The number of hydrogen-bond acceptors (Lipinski definition) is 4. The van der Waals surface area contributed by atoms with Gasteiger partial charge in [0.2, 0.25) is 0 Å². The summed E-state index contributed by atoms with van der Waals surface area (Å²) in [5.74, 6) is 0.385. The Balaban J connectivity index is 2.15. The summed E-state index contributed by atoms with van der Waals surface area (Å²) in [5.41, 5.74) is 3.53. The number of allylic oxidation sites excluding steroid dienone is 2. The monoisotopic (exact) mass is 280 g/mol. The fourth-order valence-electron chi connectivity index (χ4n) is 2.47. The number of hydrogen-bond donors (Lipinski definition) is 0. The SMILES string of the molecule is CN(C)/C=N/c1ncc2cc(C#N)c(C3=CCCC3)n2n1. The molecule has 1 aliphatic carbocycles. The van der Waals surface area contributed by atoms with Gasteiger partial charge in [-0.3, -0.25) is 0 Å². The average molecular weight is 280 g/mol. The van der Waals surface area contributed by atoms with Gasteiger partial charge in [0, 0.05) is 14.1 Å². The Bertz CT molecular complexity index is 775. The van der Waals surface area contributed by atoms with Crippen LogP contribution in [0.4, 0.5) is 5.95 Å². The molecule has 0 fully saturated rings. The van der Waals surface area contributed by atoms with Gasteiger partial charge in [-0.25, -0.2) is 14.5 Å². The van der Waals surface area contributed by atoms with E-state index in [9.17, 15) is 5.26 Å². The smallest absolute Gasteiger partial charge is 0.268 e. The molecule has 0 unspecified atom stereocenters. The second-order valence-electron chi connectivity index (χ2n) is 5.24. The molecule has 0 radical (unpaired) electrons. The van der Waals surface area contributed by atoms with Crippen molar-refractivity contribution in [1.29, 1.82) is 5.26 Å². The third kappa shape index (κ3) is 2.50. The van der Waals surface area contributed by atoms with Crippen molar-refractivity contribution in [3.05, 3.63) is 29.6 Å². The summed E-state index contributed by atoms with van der Waals surface area (Å²) in [6, 6.07) is 4.08. The number of aliphatic imine (C=N–C) groups is 1. The molecule has 0 atom stereocenters. The van der Waals surface area contributed by atoms with E-state index in [0.717, 1.165) is 30.5 Å². The summed E-state index contributed by atoms with van der Waals surface area (Å²) in [7, 11) is 3.78. The molecule has 2 aromatic rings. The lowest BCUT2D eigenvalue weighted by molar-refractivity contribution is 0.642. The van der Waals surface area contributed by atoms with Crippen molar-refractivity contribution in [3.63, 3.8) is 0 Å². The second kappa shape index (κ2) is 5.37. The van der Waals surface area contributed by atoms with E-state index in [1.807, 2.05) is 25.1 Å². The van der Waals surface area contributed by atoms with Crippen LogP contribution in [-0.4, -0.2) is 39.9 Å². The lowest BCUT2D eigenvalue weighted by atomic mass is 10.1. The largest absolute Gasteiger partial charge is 0.369 e. The predicted octanol–water partition coefficient (Wildman–Crippen LogP) is 2.39. The lowest BCUT2D eigenvalue weighted by Crippen LogP contribution is -2.07. The Hall–Kier alpha value is -2.68. The molecule has 0 amide bonds. The molecule has 0 saturated heterocycles. The molecule has 2 aromatic heterocycles. The predicted molar refractivity (Wildman–Crippen MR) is 81.4 cm³/mol. The molecule has 2 heterocycles. The van der Waals surface area contributed by atoms with Gasteiger partial charge in [0.25, 0.3) is 5.95 Å². The molecule has 6 heteroatoms. The van der Waals surface area contributed by atoms with E-state index in [-0.39, 0.29) is 0 Å². The summed E-state index contributed by atoms with van der Waals surface area (Å²) < 4.78 is 1.78. The second-order valence-corrected chi connectivity index (χ2v) is 5.24. The van der Waals surface area contributed by atoms with Gasteiger partial charge in [0.15, 0.2) is 0 Å². The molecule has 6 nitrogen and oxygen atoms in total. The molecule has 21 heavy (non-hydrogen) atoms. The van der Waals surface area contributed by atoms with E-state index >= 15 is 0 Å². The van der Waals surface area contributed by atoms with Crippen molar-refractivity contribution in [3.8, 4) is 6.07 Å². The number of aromatic nitrogens is 3. The topological polar surface area (TPSA) is 69.6 Å². The van der Waals surface area contributed by atoms with E-state index in [1.165, 1.54) is 5.57 Å². The first-order valence-electron chi connectivity index (χ1n) is 6.88. The summed E-state index contributed by atoms with van der Waals surface area (Å²) in [6.45, 7) is 0. The Morgan fingerprint density at radius 2 is 2.33 bits per heavy atom. The molecular formula is C15H16N6. The number of nitriles is 1. The molecule has 106 valence electrons. The molecule has 3 rings (SSSR count). The van der Waals surface area contributed by atoms with Gasteiger partial charge in [-0.2, -0.15) is 5.26 Å². The summed E-state index contributed by atoms with van der Waals surface area (Å²) >= 11 is 0. The highest BCUT2D eigenvalue weighted by Crippen LogP contribution is 2.31. The third-order valence-electron chi connectivity index (χ3n) is 3.38. The first-order chi connectivity index (χ1) is 10.2. The van der Waals surface area contributed by atoms with Gasteiger partial charge < -0.3 is 4.90 Å². The summed E-state index contributed by atoms with van der Waals surface area (Å²) in [5, 5.41) is 13.8. The molecule has 0 spiro atoms. The number of nitrogens with zero attached hydrogens (tertiary/aromatic N) is 6. The minimum Gasteiger partial charge on any atom is -0.369 e. The normalized spacial score (nSPS) is 14.6. The highest BCUT2D eigenvalue weighted by Gasteiger charge is 2.18. The minimum absolute atomic E-state index is 0.385. The van der Waals surface area contributed by atoms with Crippen LogP contribution in [0.2, 0.25) is 0 Å². The Morgan fingerprint density at radius 3 is 3.00 bits per heavy atom. The van der Waals surface area contributed by atoms with E-state index < -0.39 is 0 Å². The molecule has 0 aliphatic heterocycles. The highest BCUT2D eigenvalue weighted by molar-refractivity contribution is 5.74. The van der Waals surface area contributed by atoms with Crippen LogP contribution in [0.3, 0.4) is 0 Å². The third-order valence-corrected chi connectivity index (χ3v) is 3.38. The number of fused-ring (bicyclic) bond motifs is 1. The molecule has 0 saturated carbocycles. The van der Waals surface area contributed by atoms with Crippen molar-refractivity contribution < 1.29 is 0 Å². The standard InChI is InChI=1S/C15H16N6/c1-20(2)10-18-15-17-9-13-7-12(8-16)14(21(13)19-15)11-5-3-4-6-11/h5,7,9-10H,3-4,6H2,1-2H3/b18-10+. The Kier molecular flexibility index (Phi) is 3.40. The van der Waals surface area contributed by atoms with Crippen LogP contribution in [0, 0.1) is 11.3 Å². The van der Waals surface area contributed by atoms with Crippen molar-refractivity contribution in [2.45, 2.75) is 19.3 Å². The van der Waals surface area contributed by atoms with Gasteiger partial charge >= 0.3 is 0 Å². The van der Waals surface area contributed by atoms with Crippen LogP contribution in [0.5, 0.6) is 0 Å². The molecular weight excluding hydrogens is 264 g/mol. The summed E-state index contributed by atoms with van der Waals surface area (Å²) in [4.78, 5) is 10.2. The zero-order valence-corrected chi connectivity index (χ0v) is 12.1. The first-order valence-corrected chi connectivity index (χ1v) is 6.88. The minimum atomic E-state index is 0.385. The van der Waals surface area contributed by atoms with E-state index in [4.69, 9.17) is 0 Å². The molecule has 0 bridgehead atoms. The van der Waals surface area contributed by atoms with Gasteiger partial charge in [0.05, 0.1) is 29.3 Å². The zero-order valence-electron chi connectivity index (χ0n) is 12.1. The molecule has 0 N–H and O–H groups in total. The van der Waals surface area contributed by atoms with Gasteiger partial charge in [-0.1, -0.05) is 6.08 Å². The Labute approximate surface area is 123 Å². The van der Waals surface area contributed by atoms with E-state index in [1.54, 1.807) is 17.1 Å². The lowest BCUT2D eigenvalue weighted by Gasteiger charge is -2.05. The maximum absolute atomic E-state index is 9.35. The van der Waals surface area contributed by atoms with Gasteiger partial charge in [-0.15, -0.1) is 5.10 Å². The Morgan fingerprint density at radius 1 is 1.48 bits per heavy atom. The number of rotatable bonds is 3. The highest BCUT2D eigenvalue weighted by atomic mass is 15.3. The van der Waals surface area contributed by atoms with E-state index in [0.29, 0.717) is 11.5 Å². The van der Waals surface area contributed by atoms with Crippen LogP contribution >= 0.6 is 0 Å². The van der Waals surface area contributed by atoms with Crippen molar-refractivity contribution in [2.75, 3.05) is 14.1 Å². The van der Waals surface area contributed by atoms with E-state index in [2.05, 4.69) is 27.2 Å². The molecule has 0 aromatic carbocycles. The van der Waals surface area contributed by atoms with Crippen LogP contribution in [0.25, 0.3) is 11.1 Å². The average Bonchev–Trinajstić information content (AvgIpc) is 3.10. The van der Waals surface area contributed by atoms with Crippen LogP contribution < -0.4 is 0 Å². The van der Waals surface area contributed by atoms with Crippen LogP contribution in [-0.2, 0) is 0 Å². The van der Waals surface area contributed by atoms with Crippen LogP contribution in [0.1, 0.15) is 30.5 Å². The van der Waals surface area contributed by atoms with Crippen molar-refractivity contribution >= 4 is 23.4 Å². The van der Waals surface area contributed by atoms with Crippen molar-refractivity contribution in [1.82, 2.24) is 19.5 Å². The zero-order chi connectivity index (χ0) is 14.8. The van der Waals surface area contributed by atoms with Crippen LogP contribution in [0.15, 0.2) is 23.3 Å². The maximum Gasteiger partial charge on any atom is 0.268 e. The fourth-order valence-corrected chi connectivity index (χ4v) is 2.47. The van der Waals surface area contributed by atoms with Crippen molar-refractivity contribution in [2.24, 2.45) is 4.99 Å². The first kappa shape index (κ1) is 13.3. The quantitative estimate of drug-likeness (QED) is 0.639.